The van der Waals surface area contributed by atoms with Crippen LogP contribution in [0.1, 0.15) is 57.3 Å². The van der Waals surface area contributed by atoms with Crippen molar-refractivity contribution in [3.63, 3.8) is 0 Å². The van der Waals surface area contributed by atoms with Crippen molar-refractivity contribution in [2.24, 2.45) is 11.8 Å². The molecule has 1 atom stereocenters. The van der Waals surface area contributed by atoms with E-state index in [0.717, 1.165) is 32.2 Å². The first kappa shape index (κ1) is 19.0. The first-order valence-electron chi connectivity index (χ1n) is 10.6. The molecule has 5 nitrogen and oxygen atoms in total. The third-order valence-corrected chi connectivity index (χ3v) is 6.43. The Bertz CT molecular complexity index is 877. The number of aromatic nitrogens is 1. The summed E-state index contributed by atoms with van der Waals surface area (Å²) in [6.07, 6.45) is 3.44. The SMILES string of the molecule is CC(=O)N1CCC(C(=O)N2CCc3c([nH]c4ccccc34)C2CC(C)C)CC1. The minimum Gasteiger partial charge on any atom is -0.356 e. The highest BCUT2D eigenvalue weighted by Crippen LogP contribution is 2.39. The lowest BCUT2D eigenvalue weighted by atomic mass is 9.88. The summed E-state index contributed by atoms with van der Waals surface area (Å²) in [6.45, 7) is 8.26. The summed E-state index contributed by atoms with van der Waals surface area (Å²) in [5.41, 5.74) is 3.79. The van der Waals surface area contributed by atoms with Crippen LogP contribution < -0.4 is 0 Å². The number of para-hydroxylation sites is 1. The summed E-state index contributed by atoms with van der Waals surface area (Å²) in [5.74, 6) is 0.941. The van der Waals surface area contributed by atoms with Crippen molar-refractivity contribution in [2.75, 3.05) is 19.6 Å². The van der Waals surface area contributed by atoms with Crippen LogP contribution in [0.5, 0.6) is 0 Å². The Morgan fingerprint density at radius 1 is 1.14 bits per heavy atom. The summed E-state index contributed by atoms with van der Waals surface area (Å²) in [5, 5.41) is 1.30. The van der Waals surface area contributed by atoms with Gasteiger partial charge in [-0.25, -0.2) is 0 Å². The zero-order valence-electron chi connectivity index (χ0n) is 17.2. The predicted molar refractivity (Wildman–Crippen MR) is 111 cm³/mol. The molecule has 1 aromatic carbocycles. The molecule has 0 saturated carbocycles. The lowest BCUT2D eigenvalue weighted by Gasteiger charge is -2.40. The van der Waals surface area contributed by atoms with Crippen LogP contribution in [-0.4, -0.2) is 46.2 Å². The van der Waals surface area contributed by atoms with Crippen molar-refractivity contribution in [1.82, 2.24) is 14.8 Å². The molecule has 0 spiro atoms. The third kappa shape index (κ3) is 3.43. The number of amides is 2. The van der Waals surface area contributed by atoms with E-state index < -0.39 is 0 Å². The average Bonchev–Trinajstić information content (AvgIpc) is 3.07. The topological polar surface area (TPSA) is 56.4 Å². The Morgan fingerprint density at radius 2 is 1.86 bits per heavy atom. The molecular weight excluding hydrogens is 350 g/mol. The molecule has 4 rings (SSSR count). The van der Waals surface area contributed by atoms with Gasteiger partial charge in [-0.2, -0.15) is 0 Å². The first-order chi connectivity index (χ1) is 13.5. The van der Waals surface area contributed by atoms with E-state index in [4.69, 9.17) is 0 Å². The standard InChI is InChI=1S/C23H31N3O2/c1-15(2)14-21-22-19(18-6-4-5-7-20(18)24-22)10-13-26(21)23(28)17-8-11-25(12-9-17)16(3)27/h4-7,15,17,21,24H,8-14H2,1-3H3. The van der Waals surface area contributed by atoms with Gasteiger partial charge >= 0.3 is 0 Å². The molecule has 28 heavy (non-hydrogen) atoms. The number of likely N-dealkylation sites (tertiary alicyclic amines) is 1. The van der Waals surface area contributed by atoms with E-state index in [1.54, 1.807) is 6.92 Å². The van der Waals surface area contributed by atoms with Crippen LogP contribution in [0.4, 0.5) is 0 Å². The van der Waals surface area contributed by atoms with Gasteiger partial charge in [-0.3, -0.25) is 9.59 Å². The second kappa shape index (κ2) is 7.61. The smallest absolute Gasteiger partial charge is 0.226 e. The van der Waals surface area contributed by atoms with Crippen molar-refractivity contribution in [2.45, 2.75) is 52.5 Å². The Balaban J connectivity index is 1.60. The maximum atomic E-state index is 13.5. The van der Waals surface area contributed by atoms with Crippen LogP contribution in [-0.2, 0) is 16.0 Å². The molecule has 2 aliphatic rings. The van der Waals surface area contributed by atoms with Gasteiger partial charge in [0, 0.05) is 49.1 Å². The van der Waals surface area contributed by atoms with Gasteiger partial charge in [-0.05, 0) is 43.2 Å². The molecule has 2 aromatic rings. The van der Waals surface area contributed by atoms with Crippen LogP contribution in [0.25, 0.3) is 10.9 Å². The first-order valence-corrected chi connectivity index (χ1v) is 10.6. The van der Waals surface area contributed by atoms with E-state index in [-0.39, 0.29) is 23.8 Å². The van der Waals surface area contributed by atoms with Crippen LogP contribution in [0.15, 0.2) is 24.3 Å². The quantitative estimate of drug-likeness (QED) is 0.877. The minimum atomic E-state index is 0.0381. The van der Waals surface area contributed by atoms with Gasteiger partial charge < -0.3 is 14.8 Å². The van der Waals surface area contributed by atoms with Crippen molar-refractivity contribution in [1.29, 1.82) is 0 Å². The number of fused-ring (bicyclic) bond motifs is 3. The number of carbonyl (C=O) groups excluding carboxylic acids is 2. The zero-order chi connectivity index (χ0) is 19.8. The van der Waals surface area contributed by atoms with E-state index in [1.807, 2.05) is 4.90 Å². The maximum Gasteiger partial charge on any atom is 0.226 e. The van der Waals surface area contributed by atoms with Gasteiger partial charge in [0.2, 0.25) is 11.8 Å². The fourth-order valence-corrected chi connectivity index (χ4v) is 4.95. The van der Waals surface area contributed by atoms with Crippen molar-refractivity contribution in [3.8, 4) is 0 Å². The van der Waals surface area contributed by atoms with Crippen molar-refractivity contribution in [3.05, 3.63) is 35.5 Å². The zero-order valence-corrected chi connectivity index (χ0v) is 17.2. The fraction of sp³-hybridized carbons (Fsp3) is 0.565. The number of nitrogens with zero attached hydrogens (tertiary/aromatic N) is 2. The summed E-state index contributed by atoms with van der Waals surface area (Å²) < 4.78 is 0. The summed E-state index contributed by atoms with van der Waals surface area (Å²) in [4.78, 5) is 32.7. The molecule has 0 radical (unpaired) electrons. The number of hydrogen-bond acceptors (Lipinski definition) is 2. The molecule has 1 unspecified atom stereocenters. The number of benzene rings is 1. The number of piperidine rings is 1. The van der Waals surface area contributed by atoms with E-state index in [2.05, 4.69) is 48.0 Å². The minimum absolute atomic E-state index is 0.0381. The molecule has 2 amide bonds. The highest BCUT2D eigenvalue weighted by molar-refractivity contribution is 5.86. The molecule has 0 bridgehead atoms. The maximum absolute atomic E-state index is 13.5. The molecule has 0 aliphatic carbocycles. The van der Waals surface area contributed by atoms with E-state index in [0.29, 0.717) is 19.0 Å². The highest BCUT2D eigenvalue weighted by Gasteiger charge is 2.37. The normalized spacial score (nSPS) is 20.6. The molecule has 3 heterocycles. The molecule has 5 heteroatoms. The van der Waals surface area contributed by atoms with Gasteiger partial charge in [0.15, 0.2) is 0 Å². The highest BCUT2D eigenvalue weighted by atomic mass is 16.2. The molecule has 1 N–H and O–H groups in total. The number of H-pyrrole nitrogens is 1. The van der Waals surface area contributed by atoms with E-state index >= 15 is 0 Å². The van der Waals surface area contributed by atoms with Crippen LogP contribution in [0, 0.1) is 11.8 Å². The van der Waals surface area contributed by atoms with Crippen molar-refractivity contribution >= 4 is 22.7 Å². The van der Waals surface area contributed by atoms with Gasteiger partial charge in [-0.15, -0.1) is 0 Å². The fourth-order valence-electron chi connectivity index (χ4n) is 4.95. The van der Waals surface area contributed by atoms with E-state index in [1.165, 1.54) is 22.2 Å². The Kier molecular flexibility index (Phi) is 5.17. The van der Waals surface area contributed by atoms with Gasteiger partial charge in [-0.1, -0.05) is 32.0 Å². The molecule has 2 aliphatic heterocycles. The second-order valence-electron chi connectivity index (χ2n) is 8.77. The number of hydrogen-bond donors (Lipinski definition) is 1. The Labute approximate surface area is 167 Å². The monoisotopic (exact) mass is 381 g/mol. The lowest BCUT2D eigenvalue weighted by molar-refractivity contribution is -0.142. The summed E-state index contributed by atoms with van der Waals surface area (Å²) in [6, 6.07) is 8.59. The second-order valence-corrected chi connectivity index (χ2v) is 8.77. The summed E-state index contributed by atoms with van der Waals surface area (Å²) >= 11 is 0. The van der Waals surface area contributed by atoms with Crippen LogP contribution >= 0.6 is 0 Å². The Hall–Kier alpha value is -2.30. The number of rotatable bonds is 3. The van der Waals surface area contributed by atoms with Gasteiger partial charge in [0.05, 0.1) is 6.04 Å². The molecule has 1 aromatic heterocycles. The van der Waals surface area contributed by atoms with Crippen LogP contribution in [0.2, 0.25) is 0 Å². The average molecular weight is 382 g/mol. The van der Waals surface area contributed by atoms with Crippen molar-refractivity contribution < 1.29 is 9.59 Å². The molecule has 1 fully saturated rings. The van der Waals surface area contributed by atoms with E-state index in [9.17, 15) is 9.59 Å². The third-order valence-electron chi connectivity index (χ3n) is 6.43. The summed E-state index contributed by atoms with van der Waals surface area (Å²) in [7, 11) is 0. The van der Waals surface area contributed by atoms with Gasteiger partial charge in [0.1, 0.15) is 0 Å². The van der Waals surface area contributed by atoms with Gasteiger partial charge in [0.25, 0.3) is 0 Å². The molecular formula is C23H31N3O2. The number of nitrogens with one attached hydrogen (secondary N) is 1. The lowest BCUT2D eigenvalue weighted by Crippen LogP contribution is -2.47. The predicted octanol–water partition coefficient (Wildman–Crippen LogP) is 3.90. The molecule has 150 valence electrons. The largest absolute Gasteiger partial charge is 0.356 e. The van der Waals surface area contributed by atoms with Crippen LogP contribution in [0.3, 0.4) is 0 Å². The Morgan fingerprint density at radius 3 is 2.54 bits per heavy atom. The number of aromatic amines is 1. The number of carbonyl (C=O) groups is 2. The molecule has 1 saturated heterocycles.